The maximum absolute atomic E-state index is 13.0. The Kier molecular flexibility index (Phi) is 3.31. The van der Waals surface area contributed by atoms with Crippen molar-refractivity contribution in [3.8, 4) is 11.3 Å². The largest absolute Gasteiger partial charge is 0.324 e. The fourth-order valence-electron chi connectivity index (χ4n) is 3.13. The number of pyridine rings is 2. The zero-order valence-electron chi connectivity index (χ0n) is 13.9. The molecule has 0 atom stereocenters. The van der Waals surface area contributed by atoms with Crippen LogP contribution in [0.25, 0.3) is 16.8 Å². The molecule has 1 amide bonds. The van der Waals surface area contributed by atoms with Crippen molar-refractivity contribution in [2.45, 2.75) is 18.8 Å². The quantitative estimate of drug-likeness (QED) is 0.595. The lowest BCUT2D eigenvalue weighted by atomic mass is 10.1. The van der Waals surface area contributed by atoms with E-state index in [1.165, 1.54) is 0 Å². The standard InChI is InChI=1S/C19H16N6O/c26-18(23-19-21-11-14(22-19)12-6-8-20-9-7-12)16-15-3-1-2-10-25(15)24-17(16)13-4-5-13/h1-3,6-11,13H,4-5H2,(H2,21,22,23,26). The molecule has 5 rings (SSSR count). The molecule has 0 saturated heterocycles. The fourth-order valence-corrected chi connectivity index (χ4v) is 3.13. The number of carbonyl (C=O) groups excluding carboxylic acids is 1. The Balaban J connectivity index is 1.47. The molecule has 0 bridgehead atoms. The summed E-state index contributed by atoms with van der Waals surface area (Å²) in [7, 11) is 0. The number of anilines is 1. The van der Waals surface area contributed by atoms with Crippen molar-refractivity contribution in [3.63, 3.8) is 0 Å². The molecule has 4 aromatic rings. The van der Waals surface area contributed by atoms with Gasteiger partial charge >= 0.3 is 0 Å². The molecule has 1 aliphatic carbocycles. The van der Waals surface area contributed by atoms with Gasteiger partial charge < -0.3 is 4.98 Å². The van der Waals surface area contributed by atoms with Gasteiger partial charge in [0.2, 0.25) is 5.95 Å². The number of hydrogen-bond donors (Lipinski definition) is 2. The maximum Gasteiger partial charge on any atom is 0.262 e. The fraction of sp³-hybridized carbons (Fsp3) is 0.158. The van der Waals surface area contributed by atoms with Gasteiger partial charge in [0.05, 0.1) is 28.7 Å². The van der Waals surface area contributed by atoms with E-state index >= 15 is 0 Å². The SMILES string of the molecule is O=C(Nc1ncc(-c2ccncc2)[nH]1)c1c(C2CC2)nn2ccccc12. The number of nitrogens with one attached hydrogen (secondary N) is 2. The lowest BCUT2D eigenvalue weighted by molar-refractivity contribution is 0.102. The highest BCUT2D eigenvalue weighted by atomic mass is 16.1. The van der Waals surface area contributed by atoms with Gasteiger partial charge in [-0.2, -0.15) is 5.10 Å². The van der Waals surface area contributed by atoms with Crippen molar-refractivity contribution in [1.82, 2.24) is 24.6 Å². The molecule has 4 aromatic heterocycles. The average Bonchev–Trinajstić information content (AvgIpc) is 3.29. The van der Waals surface area contributed by atoms with E-state index in [4.69, 9.17) is 0 Å². The van der Waals surface area contributed by atoms with Crippen molar-refractivity contribution in [2.75, 3.05) is 5.32 Å². The molecule has 2 N–H and O–H groups in total. The van der Waals surface area contributed by atoms with Crippen LogP contribution in [0.2, 0.25) is 0 Å². The number of aromatic nitrogens is 5. The number of fused-ring (bicyclic) bond motifs is 1. The molecule has 0 aliphatic heterocycles. The molecule has 0 unspecified atom stereocenters. The Labute approximate surface area is 149 Å². The highest BCUT2D eigenvalue weighted by Gasteiger charge is 2.32. The van der Waals surface area contributed by atoms with Crippen LogP contribution in [-0.2, 0) is 0 Å². The first kappa shape index (κ1) is 14.8. The Morgan fingerprint density at radius 2 is 2.04 bits per heavy atom. The lowest BCUT2D eigenvalue weighted by Gasteiger charge is -2.03. The smallest absolute Gasteiger partial charge is 0.262 e. The molecule has 0 aromatic carbocycles. The lowest BCUT2D eigenvalue weighted by Crippen LogP contribution is -2.14. The molecular formula is C19H16N6O. The number of H-pyrrole nitrogens is 1. The third kappa shape index (κ3) is 2.54. The second-order valence-electron chi connectivity index (χ2n) is 6.40. The van der Waals surface area contributed by atoms with Crippen LogP contribution in [0, 0.1) is 0 Å². The van der Waals surface area contributed by atoms with Gasteiger partial charge in [0.15, 0.2) is 0 Å². The first-order valence-corrected chi connectivity index (χ1v) is 8.53. The van der Waals surface area contributed by atoms with Gasteiger partial charge in [0.1, 0.15) is 0 Å². The minimum Gasteiger partial charge on any atom is -0.324 e. The van der Waals surface area contributed by atoms with Gasteiger partial charge in [-0.05, 0) is 37.1 Å². The van der Waals surface area contributed by atoms with E-state index in [2.05, 4.69) is 25.4 Å². The summed E-state index contributed by atoms with van der Waals surface area (Å²) in [6.07, 6.45) is 9.16. The van der Waals surface area contributed by atoms with E-state index in [1.54, 1.807) is 23.1 Å². The summed E-state index contributed by atoms with van der Waals surface area (Å²) < 4.78 is 1.77. The maximum atomic E-state index is 13.0. The van der Waals surface area contributed by atoms with Crippen LogP contribution in [0.15, 0.2) is 55.1 Å². The average molecular weight is 344 g/mol. The van der Waals surface area contributed by atoms with Gasteiger partial charge in [-0.25, -0.2) is 9.50 Å². The Bertz CT molecular complexity index is 1090. The van der Waals surface area contributed by atoms with E-state index in [9.17, 15) is 4.79 Å². The van der Waals surface area contributed by atoms with Crippen LogP contribution in [0.3, 0.4) is 0 Å². The van der Waals surface area contributed by atoms with E-state index in [0.29, 0.717) is 17.4 Å². The summed E-state index contributed by atoms with van der Waals surface area (Å²) in [6.45, 7) is 0. The van der Waals surface area contributed by atoms with E-state index in [-0.39, 0.29) is 5.91 Å². The van der Waals surface area contributed by atoms with Gasteiger partial charge in [-0.3, -0.25) is 15.1 Å². The van der Waals surface area contributed by atoms with Gasteiger partial charge in [-0.1, -0.05) is 6.07 Å². The Hall–Kier alpha value is -3.48. The number of rotatable bonds is 4. The minimum absolute atomic E-state index is 0.191. The number of aromatic amines is 1. The first-order chi connectivity index (χ1) is 12.8. The van der Waals surface area contributed by atoms with E-state index in [0.717, 1.165) is 35.3 Å². The first-order valence-electron chi connectivity index (χ1n) is 8.53. The van der Waals surface area contributed by atoms with Crippen LogP contribution in [0.1, 0.15) is 34.8 Å². The molecule has 26 heavy (non-hydrogen) atoms. The van der Waals surface area contributed by atoms with Crippen molar-refractivity contribution >= 4 is 17.4 Å². The van der Waals surface area contributed by atoms with Crippen molar-refractivity contribution < 1.29 is 4.79 Å². The minimum atomic E-state index is -0.191. The van der Waals surface area contributed by atoms with E-state index < -0.39 is 0 Å². The van der Waals surface area contributed by atoms with Gasteiger partial charge in [0.25, 0.3) is 5.91 Å². The van der Waals surface area contributed by atoms with Crippen LogP contribution in [0.4, 0.5) is 5.95 Å². The molecule has 0 radical (unpaired) electrons. The molecule has 7 heteroatoms. The summed E-state index contributed by atoms with van der Waals surface area (Å²) in [4.78, 5) is 24.4. The molecule has 0 spiro atoms. The summed E-state index contributed by atoms with van der Waals surface area (Å²) in [6, 6.07) is 9.51. The van der Waals surface area contributed by atoms with Crippen molar-refractivity contribution in [2.24, 2.45) is 0 Å². The predicted octanol–water partition coefficient (Wildman–Crippen LogP) is 3.25. The predicted molar refractivity (Wildman–Crippen MR) is 96.9 cm³/mol. The highest BCUT2D eigenvalue weighted by Crippen LogP contribution is 2.41. The third-order valence-electron chi connectivity index (χ3n) is 4.56. The zero-order valence-corrected chi connectivity index (χ0v) is 13.9. The number of amides is 1. The van der Waals surface area contributed by atoms with E-state index in [1.807, 2.05) is 36.5 Å². The number of hydrogen-bond acceptors (Lipinski definition) is 4. The topological polar surface area (TPSA) is 88.0 Å². The molecular weight excluding hydrogens is 328 g/mol. The summed E-state index contributed by atoms with van der Waals surface area (Å²) in [5.41, 5.74) is 4.10. The summed E-state index contributed by atoms with van der Waals surface area (Å²) in [5.74, 6) is 0.599. The van der Waals surface area contributed by atoms with Gasteiger partial charge in [0, 0.05) is 30.1 Å². The molecule has 7 nitrogen and oxygen atoms in total. The highest BCUT2D eigenvalue weighted by molar-refractivity contribution is 6.09. The summed E-state index contributed by atoms with van der Waals surface area (Å²) >= 11 is 0. The van der Waals surface area contributed by atoms with Crippen LogP contribution < -0.4 is 5.32 Å². The Morgan fingerprint density at radius 3 is 2.85 bits per heavy atom. The molecule has 1 saturated carbocycles. The molecule has 1 aliphatic rings. The van der Waals surface area contributed by atoms with Crippen molar-refractivity contribution in [3.05, 3.63) is 66.4 Å². The number of carbonyl (C=O) groups is 1. The van der Waals surface area contributed by atoms with Crippen molar-refractivity contribution in [1.29, 1.82) is 0 Å². The molecule has 1 fully saturated rings. The van der Waals surface area contributed by atoms with Gasteiger partial charge in [-0.15, -0.1) is 0 Å². The second kappa shape index (κ2) is 5.80. The third-order valence-corrected chi connectivity index (χ3v) is 4.56. The molecule has 128 valence electrons. The van der Waals surface area contributed by atoms with Crippen LogP contribution in [-0.4, -0.2) is 30.5 Å². The second-order valence-corrected chi connectivity index (χ2v) is 6.40. The van der Waals surface area contributed by atoms with Crippen LogP contribution in [0.5, 0.6) is 0 Å². The molecule has 4 heterocycles. The number of nitrogens with zero attached hydrogens (tertiary/aromatic N) is 4. The number of imidazole rings is 1. The summed E-state index contributed by atoms with van der Waals surface area (Å²) in [5, 5.41) is 7.48. The normalized spacial score (nSPS) is 13.8. The Morgan fingerprint density at radius 1 is 1.19 bits per heavy atom. The zero-order chi connectivity index (χ0) is 17.5. The monoisotopic (exact) mass is 344 g/mol. The van der Waals surface area contributed by atoms with Crippen LogP contribution >= 0.6 is 0 Å².